The molecule has 3 aromatic rings. The molecule has 1 atom stereocenters. The fourth-order valence-corrected chi connectivity index (χ4v) is 3.24. The van der Waals surface area contributed by atoms with Gasteiger partial charge in [0.15, 0.2) is 0 Å². The molecule has 4 rings (SSSR count). The molecule has 0 aliphatic carbocycles. The third-order valence-electron chi connectivity index (χ3n) is 4.47. The second-order valence-electron chi connectivity index (χ2n) is 6.21. The van der Waals surface area contributed by atoms with E-state index in [4.69, 9.17) is 4.74 Å². The van der Waals surface area contributed by atoms with Gasteiger partial charge < -0.3 is 14.4 Å². The van der Waals surface area contributed by atoms with Crippen LogP contribution < -0.4 is 4.74 Å². The minimum atomic E-state index is -0.523. The van der Waals surface area contributed by atoms with Crippen molar-refractivity contribution in [2.75, 3.05) is 19.7 Å². The largest absolute Gasteiger partial charge is 0.490 e. The van der Waals surface area contributed by atoms with E-state index >= 15 is 0 Å². The maximum Gasteiger partial charge on any atom is 0.127 e. The van der Waals surface area contributed by atoms with Crippen molar-refractivity contribution in [2.45, 2.75) is 19.2 Å². The van der Waals surface area contributed by atoms with Gasteiger partial charge in [-0.25, -0.2) is 4.98 Å². The number of imidazole rings is 1. The van der Waals surface area contributed by atoms with Crippen LogP contribution in [0.1, 0.15) is 5.82 Å². The molecule has 0 saturated carbocycles. The lowest BCUT2D eigenvalue weighted by Crippen LogP contribution is -2.40. The van der Waals surface area contributed by atoms with E-state index in [0.29, 0.717) is 13.2 Å². The smallest absolute Gasteiger partial charge is 0.127 e. The van der Waals surface area contributed by atoms with Crippen molar-refractivity contribution >= 4 is 10.8 Å². The molecule has 0 bridgehead atoms. The van der Waals surface area contributed by atoms with E-state index < -0.39 is 6.10 Å². The summed E-state index contributed by atoms with van der Waals surface area (Å²) in [5, 5.41) is 12.6. The van der Waals surface area contributed by atoms with Gasteiger partial charge in [0.05, 0.1) is 6.54 Å². The van der Waals surface area contributed by atoms with Gasteiger partial charge in [0.2, 0.25) is 0 Å². The molecule has 0 radical (unpaired) electrons. The molecule has 5 heteroatoms. The summed E-state index contributed by atoms with van der Waals surface area (Å²) in [6.45, 7) is 3.51. The SMILES string of the molecule is O[C@H](COc1cccc2ccccc12)CN1CCn2ccnc2C1. The Morgan fingerprint density at radius 2 is 2.00 bits per heavy atom. The second-order valence-corrected chi connectivity index (χ2v) is 6.21. The molecule has 2 heterocycles. The molecule has 0 fully saturated rings. The van der Waals surface area contributed by atoms with E-state index in [2.05, 4.69) is 26.6 Å². The standard InChI is InChI=1S/C19H21N3O2/c23-16(12-21-10-11-22-9-8-20-19(22)13-21)14-24-18-7-3-5-15-4-1-2-6-17(15)18/h1-9,16,23H,10-14H2/t16-/m0/s1. The lowest BCUT2D eigenvalue weighted by Gasteiger charge is -2.29. The zero-order valence-electron chi connectivity index (χ0n) is 13.5. The predicted octanol–water partition coefficient (Wildman–Crippen LogP) is 2.29. The number of hydrogen-bond acceptors (Lipinski definition) is 4. The number of β-amino-alcohol motifs (C(OH)–C–C–N with tert-alkyl or cyclic N) is 1. The average Bonchev–Trinajstić information content (AvgIpc) is 3.07. The molecule has 124 valence electrons. The van der Waals surface area contributed by atoms with E-state index in [1.807, 2.05) is 42.7 Å². The normalized spacial score (nSPS) is 16.0. The highest BCUT2D eigenvalue weighted by Gasteiger charge is 2.19. The molecule has 5 nitrogen and oxygen atoms in total. The average molecular weight is 323 g/mol. The zero-order valence-corrected chi connectivity index (χ0v) is 13.5. The number of aliphatic hydroxyl groups excluding tert-OH is 1. The van der Waals surface area contributed by atoms with Crippen molar-refractivity contribution in [1.82, 2.24) is 14.5 Å². The van der Waals surface area contributed by atoms with Crippen LogP contribution in [-0.4, -0.2) is 45.4 Å². The fraction of sp³-hybridized carbons (Fsp3) is 0.316. The highest BCUT2D eigenvalue weighted by Crippen LogP contribution is 2.25. The van der Waals surface area contributed by atoms with Gasteiger partial charge >= 0.3 is 0 Å². The van der Waals surface area contributed by atoms with Gasteiger partial charge in [0.25, 0.3) is 0 Å². The summed E-state index contributed by atoms with van der Waals surface area (Å²) in [4.78, 5) is 6.57. The number of fused-ring (bicyclic) bond motifs is 2. The first-order valence-electron chi connectivity index (χ1n) is 8.30. The van der Waals surface area contributed by atoms with Gasteiger partial charge in [0.1, 0.15) is 24.3 Å². The second kappa shape index (κ2) is 6.63. The summed E-state index contributed by atoms with van der Waals surface area (Å²) < 4.78 is 8.04. The predicted molar refractivity (Wildman–Crippen MR) is 93.0 cm³/mol. The first kappa shape index (κ1) is 15.2. The fourth-order valence-electron chi connectivity index (χ4n) is 3.24. The van der Waals surface area contributed by atoms with Crippen LogP contribution in [0.3, 0.4) is 0 Å². The summed E-state index contributed by atoms with van der Waals surface area (Å²) in [5.41, 5.74) is 0. The van der Waals surface area contributed by atoms with Crippen molar-refractivity contribution in [1.29, 1.82) is 0 Å². The van der Waals surface area contributed by atoms with Crippen molar-refractivity contribution in [2.24, 2.45) is 0 Å². The van der Waals surface area contributed by atoms with Crippen molar-refractivity contribution in [3.05, 3.63) is 60.7 Å². The van der Waals surface area contributed by atoms with E-state index in [1.54, 1.807) is 0 Å². The number of hydrogen-bond donors (Lipinski definition) is 1. The number of nitrogens with zero attached hydrogens (tertiary/aromatic N) is 3. The first-order chi connectivity index (χ1) is 11.8. The highest BCUT2D eigenvalue weighted by atomic mass is 16.5. The summed E-state index contributed by atoms with van der Waals surface area (Å²) >= 11 is 0. The van der Waals surface area contributed by atoms with Gasteiger partial charge in [-0.1, -0.05) is 36.4 Å². The Balaban J connectivity index is 1.36. The number of rotatable bonds is 5. The molecule has 24 heavy (non-hydrogen) atoms. The van der Waals surface area contributed by atoms with Crippen LogP contribution in [-0.2, 0) is 13.1 Å². The Kier molecular flexibility index (Phi) is 4.19. The highest BCUT2D eigenvalue weighted by molar-refractivity contribution is 5.88. The first-order valence-corrected chi connectivity index (χ1v) is 8.30. The van der Waals surface area contributed by atoms with Crippen LogP contribution in [0.4, 0.5) is 0 Å². The molecule has 0 unspecified atom stereocenters. The molecule has 0 amide bonds. The summed E-state index contributed by atoms with van der Waals surface area (Å²) in [5.74, 6) is 1.88. The van der Waals surface area contributed by atoms with E-state index in [1.165, 1.54) is 0 Å². The molecule has 0 saturated heterocycles. The van der Waals surface area contributed by atoms with Crippen molar-refractivity contribution in [3.63, 3.8) is 0 Å². The number of aliphatic hydroxyl groups is 1. The van der Waals surface area contributed by atoms with Crippen molar-refractivity contribution in [3.8, 4) is 5.75 Å². The van der Waals surface area contributed by atoms with Crippen LogP contribution in [0.25, 0.3) is 10.8 Å². The van der Waals surface area contributed by atoms with Gasteiger partial charge in [-0.2, -0.15) is 0 Å². The van der Waals surface area contributed by atoms with Gasteiger partial charge in [0, 0.05) is 37.4 Å². The molecule has 1 N–H and O–H groups in total. The lowest BCUT2D eigenvalue weighted by atomic mass is 10.1. The van der Waals surface area contributed by atoms with E-state index in [-0.39, 0.29) is 0 Å². The molecule has 2 aromatic carbocycles. The van der Waals surface area contributed by atoms with Gasteiger partial charge in [-0.3, -0.25) is 4.90 Å². The Labute approximate surface area is 141 Å². The van der Waals surface area contributed by atoms with Crippen LogP contribution in [0.2, 0.25) is 0 Å². The Hall–Kier alpha value is -2.37. The Bertz CT molecular complexity index is 825. The van der Waals surface area contributed by atoms with Crippen LogP contribution in [0.15, 0.2) is 54.9 Å². The monoisotopic (exact) mass is 323 g/mol. The molecular weight excluding hydrogens is 302 g/mol. The zero-order chi connectivity index (χ0) is 16.4. The summed E-state index contributed by atoms with van der Waals surface area (Å²) in [7, 11) is 0. The maximum atomic E-state index is 10.3. The third kappa shape index (κ3) is 3.13. The van der Waals surface area contributed by atoms with Crippen LogP contribution >= 0.6 is 0 Å². The lowest BCUT2D eigenvalue weighted by molar-refractivity contribution is 0.0588. The maximum absolute atomic E-state index is 10.3. The van der Waals surface area contributed by atoms with E-state index in [0.717, 1.165) is 42.0 Å². The van der Waals surface area contributed by atoms with Gasteiger partial charge in [-0.15, -0.1) is 0 Å². The van der Waals surface area contributed by atoms with Crippen LogP contribution in [0, 0.1) is 0 Å². The molecule has 1 aliphatic heterocycles. The molecule has 0 spiro atoms. The number of aromatic nitrogens is 2. The quantitative estimate of drug-likeness (QED) is 0.783. The van der Waals surface area contributed by atoms with Gasteiger partial charge in [-0.05, 0) is 11.5 Å². The number of benzene rings is 2. The minimum absolute atomic E-state index is 0.291. The summed E-state index contributed by atoms with van der Waals surface area (Å²) in [6, 6.07) is 14.1. The van der Waals surface area contributed by atoms with Crippen molar-refractivity contribution < 1.29 is 9.84 Å². The Morgan fingerprint density at radius 3 is 2.96 bits per heavy atom. The molecular formula is C19H21N3O2. The molecule has 1 aliphatic rings. The minimum Gasteiger partial charge on any atom is -0.490 e. The third-order valence-corrected chi connectivity index (χ3v) is 4.47. The summed E-state index contributed by atoms with van der Waals surface area (Å²) in [6.07, 6.45) is 3.32. The Morgan fingerprint density at radius 1 is 1.12 bits per heavy atom. The topological polar surface area (TPSA) is 50.5 Å². The number of ether oxygens (including phenoxy) is 1. The molecule has 1 aromatic heterocycles. The van der Waals surface area contributed by atoms with Crippen LogP contribution in [0.5, 0.6) is 5.75 Å². The van der Waals surface area contributed by atoms with E-state index in [9.17, 15) is 5.11 Å².